The molecule has 0 unspecified atom stereocenters. The Balaban J connectivity index is 2.09. The maximum Gasteiger partial charge on any atom is 0.113 e. The number of aryl methyl sites for hydroxylation is 1. The summed E-state index contributed by atoms with van der Waals surface area (Å²) in [7, 11) is 0. The van der Waals surface area contributed by atoms with Crippen molar-refractivity contribution in [3.63, 3.8) is 0 Å². The third-order valence-electron chi connectivity index (χ3n) is 3.59. The molecule has 20 heavy (non-hydrogen) atoms. The first-order valence-electron chi connectivity index (χ1n) is 7.30. The fourth-order valence-electron chi connectivity index (χ4n) is 2.28. The van der Waals surface area contributed by atoms with E-state index in [0.29, 0.717) is 0 Å². The lowest BCUT2D eigenvalue weighted by atomic mass is 9.86. The predicted octanol–water partition coefficient (Wildman–Crippen LogP) is 3.12. The van der Waals surface area contributed by atoms with E-state index >= 15 is 0 Å². The van der Waals surface area contributed by atoms with E-state index in [-0.39, 0.29) is 5.41 Å². The van der Waals surface area contributed by atoms with E-state index in [2.05, 4.69) is 54.6 Å². The minimum absolute atomic E-state index is 0.206. The lowest BCUT2D eigenvalue weighted by Gasteiger charge is -2.19. The molecule has 0 saturated carbocycles. The van der Waals surface area contributed by atoms with Gasteiger partial charge in [0.05, 0.1) is 0 Å². The van der Waals surface area contributed by atoms with Gasteiger partial charge in [0.2, 0.25) is 0 Å². The summed E-state index contributed by atoms with van der Waals surface area (Å²) in [6.45, 7) is 8.38. The van der Waals surface area contributed by atoms with Gasteiger partial charge >= 0.3 is 0 Å². The normalized spacial score (nSPS) is 11.8. The molecule has 0 amide bonds. The van der Waals surface area contributed by atoms with Crippen molar-refractivity contribution in [2.24, 2.45) is 5.73 Å². The quantitative estimate of drug-likeness (QED) is 0.908. The third kappa shape index (κ3) is 3.70. The first-order chi connectivity index (χ1) is 9.50. The molecule has 1 aromatic carbocycles. The summed E-state index contributed by atoms with van der Waals surface area (Å²) in [5, 5.41) is 0. The van der Waals surface area contributed by atoms with Crippen LogP contribution in [0.5, 0.6) is 0 Å². The van der Waals surface area contributed by atoms with Crippen LogP contribution in [-0.4, -0.2) is 16.1 Å². The van der Waals surface area contributed by atoms with Gasteiger partial charge < -0.3 is 10.3 Å². The molecule has 0 bridgehead atoms. The van der Waals surface area contributed by atoms with E-state index in [0.717, 1.165) is 31.8 Å². The van der Waals surface area contributed by atoms with E-state index in [1.54, 1.807) is 0 Å². The molecule has 0 atom stereocenters. The highest BCUT2D eigenvalue weighted by atomic mass is 15.1. The molecule has 0 aliphatic rings. The lowest BCUT2D eigenvalue weighted by molar-refractivity contribution is 0.590. The fourth-order valence-corrected chi connectivity index (χ4v) is 2.28. The van der Waals surface area contributed by atoms with Crippen LogP contribution >= 0.6 is 0 Å². The zero-order chi connectivity index (χ0) is 14.6. The van der Waals surface area contributed by atoms with E-state index in [1.807, 2.05) is 12.4 Å². The first-order valence-corrected chi connectivity index (χ1v) is 7.30. The Hall–Kier alpha value is -1.61. The minimum atomic E-state index is 0.206. The average Bonchev–Trinajstić information content (AvgIpc) is 2.83. The minimum Gasteiger partial charge on any atom is -0.335 e. The third-order valence-corrected chi connectivity index (χ3v) is 3.59. The van der Waals surface area contributed by atoms with Crippen LogP contribution in [0.4, 0.5) is 0 Å². The van der Waals surface area contributed by atoms with Crippen LogP contribution in [-0.2, 0) is 18.4 Å². The summed E-state index contributed by atoms with van der Waals surface area (Å²) in [6.07, 6.45) is 5.78. The second kappa shape index (κ2) is 6.23. The van der Waals surface area contributed by atoms with Crippen LogP contribution < -0.4 is 5.73 Å². The van der Waals surface area contributed by atoms with E-state index in [4.69, 9.17) is 5.73 Å². The molecular weight excluding hydrogens is 246 g/mol. The Kier molecular flexibility index (Phi) is 4.61. The van der Waals surface area contributed by atoms with E-state index < -0.39 is 0 Å². The average molecular weight is 271 g/mol. The second-order valence-corrected chi connectivity index (χ2v) is 6.30. The standard InChI is InChI=1S/C17H25N3/c1-17(2,3)15-7-5-14(6-8-15)13-16-19-10-12-20(16)11-4-9-18/h5-8,10,12H,4,9,11,13,18H2,1-3H3. The number of imidazole rings is 1. The molecular formula is C17H25N3. The zero-order valence-corrected chi connectivity index (χ0v) is 12.8. The van der Waals surface area contributed by atoms with Gasteiger partial charge in [-0.05, 0) is 29.5 Å². The fraction of sp³-hybridized carbons (Fsp3) is 0.471. The molecule has 2 N–H and O–H groups in total. The molecule has 108 valence electrons. The highest BCUT2D eigenvalue weighted by Crippen LogP contribution is 2.22. The van der Waals surface area contributed by atoms with Crippen LogP contribution in [0.3, 0.4) is 0 Å². The van der Waals surface area contributed by atoms with Crippen molar-refractivity contribution in [2.45, 2.75) is 45.6 Å². The molecule has 0 radical (unpaired) electrons. The summed E-state index contributed by atoms with van der Waals surface area (Å²) >= 11 is 0. The number of nitrogens with zero attached hydrogens (tertiary/aromatic N) is 2. The summed E-state index contributed by atoms with van der Waals surface area (Å²) in [4.78, 5) is 4.46. The van der Waals surface area contributed by atoms with Crippen molar-refractivity contribution >= 4 is 0 Å². The number of aromatic nitrogens is 2. The van der Waals surface area contributed by atoms with Crippen molar-refractivity contribution in [1.82, 2.24) is 9.55 Å². The number of hydrogen-bond donors (Lipinski definition) is 1. The molecule has 2 rings (SSSR count). The largest absolute Gasteiger partial charge is 0.335 e. The van der Waals surface area contributed by atoms with Gasteiger partial charge in [-0.25, -0.2) is 4.98 Å². The highest BCUT2D eigenvalue weighted by Gasteiger charge is 2.13. The van der Waals surface area contributed by atoms with Crippen molar-refractivity contribution in [3.05, 3.63) is 53.6 Å². The van der Waals surface area contributed by atoms with Gasteiger partial charge in [0.1, 0.15) is 5.82 Å². The van der Waals surface area contributed by atoms with Crippen LogP contribution in [0.25, 0.3) is 0 Å². The second-order valence-electron chi connectivity index (χ2n) is 6.30. The zero-order valence-electron chi connectivity index (χ0n) is 12.8. The summed E-state index contributed by atoms with van der Waals surface area (Å²) in [5.74, 6) is 1.11. The predicted molar refractivity (Wildman–Crippen MR) is 83.8 cm³/mol. The van der Waals surface area contributed by atoms with Gasteiger partial charge in [0.25, 0.3) is 0 Å². The van der Waals surface area contributed by atoms with Gasteiger partial charge in [-0.2, -0.15) is 0 Å². The SMILES string of the molecule is CC(C)(C)c1ccc(Cc2nccn2CCCN)cc1. The Morgan fingerprint density at radius 3 is 2.45 bits per heavy atom. The molecule has 0 aliphatic carbocycles. The van der Waals surface area contributed by atoms with Gasteiger partial charge in [-0.1, -0.05) is 45.0 Å². The number of nitrogens with two attached hydrogens (primary N) is 1. The lowest BCUT2D eigenvalue weighted by Crippen LogP contribution is -2.11. The van der Waals surface area contributed by atoms with Crippen LogP contribution in [0.1, 0.15) is 44.1 Å². The Morgan fingerprint density at radius 1 is 1.15 bits per heavy atom. The number of rotatable bonds is 5. The van der Waals surface area contributed by atoms with Crippen molar-refractivity contribution in [3.8, 4) is 0 Å². The van der Waals surface area contributed by atoms with Crippen molar-refractivity contribution in [1.29, 1.82) is 0 Å². The van der Waals surface area contributed by atoms with Gasteiger partial charge in [0, 0.05) is 25.4 Å². The number of hydrogen-bond acceptors (Lipinski definition) is 2. The maximum atomic E-state index is 5.57. The van der Waals surface area contributed by atoms with Gasteiger partial charge in [-0.15, -0.1) is 0 Å². The maximum absolute atomic E-state index is 5.57. The molecule has 3 heteroatoms. The van der Waals surface area contributed by atoms with Crippen LogP contribution in [0.15, 0.2) is 36.7 Å². The highest BCUT2D eigenvalue weighted by molar-refractivity contribution is 5.29. The topological polar surface area (TPSA) is 43.8 Å². The molecule has 3 nitrogen and oxygen atoms in total. The monoisotopic (exact) mass is 271 g/mol. The van der Waals surface area contributed by atoms with Crippen molar-refractivity contribution < 1.29 is 0 Å². The Morgan fingerprint density at radius 2 is 1.85 bits per heavy atom. The van der Waals surface area contributed by atoms with Crippen LogP contribution in [0, 0.1) is 0 Å². The molecule has 0 aliphatic heterocycles. The summed E-state index contributed by atoms with van der Waals surface area (Å²) in [6, 6.07) is 8.87. The molecule has 2 aromatic rings. The molecule has 0 saturated heterocycles. The van der Waals surface area contributed by atoms with Gasteiger partial charge in [-0.3, -0.25) is 0 Å². The Labute approximate surface area is 121 Å². The molecule has 0 spiro atoms. The smallest absolute Gasteiger partial charge is 0.113 e. The van der Waals surface area contributed by atoms with Gasteiger partial charge in [0.15, 0.2) is 0 Å². The molecule has 1 aromatic heterocycles. The van der Waals surface area contributed by atoms with E-state index in [1.165, 1.54) is 11.1 Å². The van der Waals surface area contributed by atoms with Crippen molar-refractivity contribution in [2.75, 3.05) is 6.54 Å². The summed E-state index contributed by atoms with van der Waals surface area (Å²) in [5.41, 5.74) is 8.45. The summed E-state index contributed by atoms with van der Waals surface area (Å²) < 4.78 is 2.20. The number of benzene rings is 1. The first kappa shape index (κ1) is 14.8. The Bertz CT molecular complexity index is 532. The molecule has 1 heterocycles. The molecule has 0 fully saturated rings. The van der Waals surface area contributed by atoms with Crippen LogP contribution in [0.2, 0.25) is 0 Å². The van der Waals surface area contributed by atoms with E-state index in [9.17, 15) is 0 Å².